The molecule has 9 aromatic rings. The molecule has 10 rings (SSSR count). The lowest BCUT2D eigenvalue weighted by Crippen LogP contribution is -1.97. The van der Waals surface area contributed by atoms with E-state index in [0.29, 0.717) is 0 Å². The summed E-state index contributed by atoms with van der Waals surface area (Å²) in [5.74, 6) is 1.84. The van der Waals surface area contributed by atoms with Crippen molar-refractivity contribution >= 4 is 64.2 Å². The molecule has 0 bridgehead atoms. The number of hydrogen-bond acceptors (Lipinski definition) is 3. The highest BCUT2D eigenvalue weighted by Gasteiger charge is 2.21. The standard InChI is InChI=1S/C40H22O2S/c1-3-9-34-28(7-1)30-15-12-23(20-37(30)42-34)24-13-16-31-32-17-14-25(22-39(32)43-38(31)21-24)27-18-26-6-5-11-36-40(26)33(19-27)29-8-2-4-10-35(29)41-36/h1-22H. The molecule has 1 aliphatic rings. The first-order chi connectivity index (χ1) is 21.3. The van der Waals surface area contributed by atoms with Crippen molar-refractivity contribution in [2.75, 3.05) is 0 Å². The van der Waals surface area contributed by atoms with Crippen molar-refractivity contribution in [3.05, 3.63) is 133 Å². The van der Waals surface area contributed by atoms with Crippen molar-refractivity contribution in [1.29, 1.82) is 0 Å². The smallest absolute Gasteiger partial charge is 0.136 e. The summed E-state index contributed by atoms with van der Waals surface area (Å²) in [5.41, 5.74) is 9.04. The minimum absolute atomic E-state index is 0.912. The van der Waals surface area contributed by atoms with Crippen LogP contribution in [-0.4, -0.2) is 0 Å². The topological polar surface area (TPSA) is 22.4 Å². The molecule has 0 spiro atoms. The van der Waals surface area contributed by atoms with E-state index in [2.05, 4.69) is 115 Å². The SMILES string of the molecule is c1ccc2c(c1)Oc1cccc3cc(-c4ccc5c(c4)sc4cc(-c6ccc7c(c6)oc6ccccc67)ccc45)cc-2c13. The van der Waals surface area contributed by atoms with Crippen LogP contribution in [0.5, 0.6) is 11.5 Å². The molecule has 1 aliphatic heterocycles. The highest BCUT2D eigenvalue weighted by Crippen LogP contribution is 2.48. The number of benzene rings is 7. The molecule has 43 heavy (non-hydrogen) atoms. The molecule has 0 unspecified atom stereocenters. The van der Waals surface area contributed by atoms with Crippen molar-refractivity contribution < 1.29 is 9.15 Å². The van der Waals surface area contributed by atoms with Gasteiger partial charge in [-0.1, -0.05) is 78.9 Å². The summed E-state index contributed by atoms with van der Waals surface area (Å²) >= 11 is 1.86. The summed E-state index contributed by atoms with van der Waals surface area (Å²) in [6, 6.07) is 47.8. The maximum atomic E-state index is 6.26. The summed E-state index contributed by atoms with van der Waals surface area (Å²) in [7, 11) is 0. The van der Waals surface area contributed by atoms with Gasteiger partial charge >= 0.3 is 0 Å². The van der Waals surface area contributed by atoms with Crippen LogP contribution in [0.15, 0.2) is 138 Å². The van der Waals surface area contributed by atoms with Crippen LogP contribution in [0, 0.1) is 0 Å². The molecular weight excluding hydrogens is 545 g/mol. The first-order valence-electron chi connectivity index (χ1n) is 14.5. The Labute approximate surface area is 251 Å². The predicted octanol–water partition coefficient (Wildman–Crippen LogP) is 12.2. The second-order valence-electron chi connectivity index (χ2n) is 11.3. The Bertz CT molecular complexity index is 2600. The molecule has 2 nitrogen and oxygen atoms in total. The molecule has 200 valence electrons. The van der Waals surface area contributed by atoms with E-state index in [1.54, 1.807) is 0 Å². The fourth-order valence-corrected chi connectivity index (χ4v) is 7.98. The third kappa shape index (κ3) is 3.40. The van der Waals surface area contributed by atoms with Crippen LogP contribution in [0.2, 0.25) is 0 Å². The van der Waals surface area contributed by atoms with Crippen LogP contribution in [0.4, 0.5) is 0 Å². The zero-order valence-corrected chi connectivity index (χ0v) is 23.7. The lowest BCUT2D eigenvalue weighted by molar-refractivity contribution is 0.487. The summed E-state index contributed by atoms with van der Waals surface area (Å²) in [4.78, 5) is 0. The first-order valence-corrected chi connectivity index (χ1v) is 15.3. The summed E-state index contributed by atoms with van der Waals surface area (Å²) in [5, 5.41) is 7.29. The van der Waals surface area contributed by atoms with E-state index in [0.717, 1.165) is 39.0 Å². The van der Waals surface area contributed by atoms with Gasteiger partial charge in [-0.25, -0.2) is 0 Å². The summed E-state index contributed by atoms with van der Waals surface area (Å²) < 4.78 is 15.0. The molecule has 0 atom stereocenters. The fourth-order valence-electron chi connectivity index (χ4n) is 6.80. The quantitative estimate of drug-likeness (QED) is 0.208. The number of rotatable bonds is 2. The lowest BCUT2D eigenvalue weighted by Gasteiger charge is -2.22. The Balaban J connectivity index is 1.09. The Morgan fingerprint density at radius 1 is 0.419 bits per heavy atom. The van der Waals surface area contributed by atoms with Crippen molar-refractivity contribution in [1.82, 2.24) is 0 Å². The molecule has 0 fully saturated rings. The van der Waals surface area contributed by atoms with Gasteiger partial charge in [0.1, 0.15) is 22.7 Å². The van der Waals surface area contributed by atoms with E-state index in [-0.39, 0.29) is 0 Å². The largest absolute Gasteiger partial charge is 0.456 e. The van der Waals surface area contributed by atoms with Gasteiger partial charge in [-0.3, -0.25) is 0 Å². The fraction of sp³-hybridized carbons (Fsp3) is 0. The van der Waals surface area contributed by atoms with Crippen molar-refractivity contribution in [2.45, 2.75) is 0 Å². The van der Waals surface area contributed by atoms with Gasteiger partial charge in [0.25, 0.3) is 0 Å². The molecular formula is C40H22O2S. The van der Waals surface area contributed by atoms with E-state index >= 15 is 0 Å². The van der Waals surface area contributed by atoms with Gasteiger partial charge in [0.2, 0.25) is 0 Å². The van der Waals surface area contributed by atoms with E-state index in [1.807, 2.05) is 29.5 Å². The predicted molar refractivity (Wildman–Crippen MR) is 180 cm³/mol. The van der Waals surface area contributed by atoms with E-state index in [9.17, 15) is 0 Å². The molecule has 0 saturated heterocycles. The van der Waals surface area contributed by atoms with Gasteiger partial charge in [-0.15, -0.1) is 11.3 Å². The second-order valence-corrected chi connectivity index (χ2v) is 12.4. The minimum atomic E-state index is 0.912. The highest BCUT2D eigenvalue weighted by atomic mass is 32.1. The zero-order valence-electron chi connectivity index (χ0n) is 22.9. The number of furan rings is 1. The summed E-state index contributed by atoms with van der Waals surface area (Å²) in [6.07, 6.45) is 0. The number of ether oxygens (including phenoxy) is 1. The minimum Gasteiger partial charge on any atom is -0.456 e. The Hall–Kier alpha value is -5.38. The van der Waals surface area contributed by atoms with E-state index in [1.165, 1.54) is 58.8 Å². The van der Waals surface area contributed by atoms with Crippen LogP contribution in [-0.2, 0) is 0 Å². The molecule has 2 aromatic heterocycles. The van der Waals surface area contributed by atoms with Gasteiger partial charge in [0.15, 0.2) is 0 Å². The Morgan fingerprint density at radius 2 is 1.09 bits per heavy atom. The lowest BCUT2D eigenvalue weighted by atomic mass is 9.90. The van der Waals surface area contributed by atoms with Crippen molar-refractivity contribution in [2.24, 2.45) is 0 Å². The van der Waals surface area contributed by atoms with Crippen molar-refractivity contribution in [3.8, 4) is 44.9 Å². The Kier molecular flexibility index (Phi) is 4.63. The molecule has 3 heteroatoms. The average molecular weight is 567 g/mol. The van der Waals surface area contributed by atoms with Crippen molar-refractivity contribution in [3.63, 3.8) is 0 Å². The molecule has 0 amide bonds. The number of thiophene rings is 1. The average Bonchev–Trinajstić information content (AvgIpc) is 3.61. The molecule has 0 radical (unpaired) electrons. The summed E-state index contributed by atoms with van der Waals surface area (Å²) in [6.45, 7) is 0. The van der Waals surface area contributed by atoms with Crippen LogP contribution < -0.4 is 4.74 Å². The maximum Gasteiger partial charge on any atom is 0.136 e. The van der Waals surface area contributed by atoms with Gasteiger partial charge in [0, 0.05) is 41.9 Å². The van der Waals surface area contributed by atoms with E-state index < -0.39 is 0 Å². The highest BCUT2D eigenvalue weighted by molar-refractivity contribution is 7.25. The molecule has 0 saturated carbocycles. The van der Waals surface area contributed by atoms with Gasteiger partial charge in [-0.05, 0) is 87.8 Å². The molecule has 0 N–H and O–H groups in total. The molecule has 7 aromatic carbocycles. The van der Waals surface area contributed by atoms with Crippen LogP contribution in [0.25, 0.3) is 86.3 Å². The van der Waals surface area contributed by atoms with Crippen LogP contribution in [0.3, 0.4) is 0 Å². The van der Waals surface area contributed by atoms with E-state index in [4.69, 9.17) is 9.15 Å². The van der Waals surface area contributed by atoms with Gasteiger partial charge in [0.05, 0.1) is 0 Å². The Morgan fingerprint density at radius 3 is 1.95 bits per heavy atom. The maximum absolute atomic E-state index is 6.26. The van der Waals surface area contributed by atoms with Gasteiger partial charge in [-0.2, -0.15) is 0 Å². The van der Waals surface area contributed by atoms with Gasteiger partial charge < -0.3 is 9.15 Å². The number of hydrogen-bond donors (Lipinski definition) is 0. The molecule has 0 aliphatic carbocycles. The number of fused-ring (bicyclic) bond motifs is 8. The third-order valence-electron chi connectivity index (χ3n) is 8.85. The zero-order chi connectivity index (χ0) is 28.1. The second kappa shape index (κ2) is 8.57. The normalized spacial score (nSPS) is 12.4. The third-order valence-corrected chi connectivity index (χ3v) is 9.97. The van der Waals surface area contributed by atoms with Crippen LogP contribution >= 0.6 is 11.3 Å². The monoisotopic (exact) mass is 566 g/mol. The van der Waals surface area contributed by atoms with Crippen LogP contribution in [0.1, 0.15) is 0 Å². The first kappa shape index (κ1) is 23.2. The molecule has 3 heterocycles. The number of para-hydroxylation sites is 2.